The van der Waals surface area contributed by atoms with Crippen LogP contribution in [0.15, 0.2) is 98.4 Å². The summed E-state index contributed by atoms with van der Waals surface area (Å²) in [4.78, 5) is 44.8. The molecule has 4 aromatic heterocycles. The number of carbonyl (C=O) groups is 1. The molecule has 1 atom stereocenters. The van der Waals surface area contributed by atoms with Crippen molar-refractivity contribution in [1.82, 2.24) is 29.5 Å². The van der Waals surface area contributed by atoms with Gasteiger partial charge in [-0.15, -0.1) is 0 Å². The van der Waals surface area contributed by atoms with Crippen molar-refractivity contribution in [2.45, 2.75) is 18.8 Å². The Kier molecular flexibility index (Phi) is 6.71. The standard InChI is InChI=1S/C20H14BrFN4O2.C8H8N4O/c21-11-9-10(4-5-12(11)22)16-17-13(6-7-14(17)27)24-19-18(16)20(28)25-26(19)15-3-1-2-8-23-15;9-6-5-8(13)11-12(6)7-3-1-2-4-10-7/h1-5,8-9,16,24H,6-7H2,(H,25,28);1-5H,9H2,(H,11,13). The van der Waals surface area contributed by atoms with E-state index in [1.807, 2.05) is 12.1 Å². The summed E-state index contributed by atoms with van der Waals surface area (Å²) in [6.45, 7) is 0. The van der Waals surface area contributed by atoms with E-state index < -0.39 is 11.7 Å². The van der Waals surface area contributed by atoms with E-state index in [9.17, 15) is 18.8 Å². The van der Waals surface area contributed by atoms with Crippen LogP contribution in [0.3, 0.4) is 0 Å². The van der Waals surface area contributed by atoms with Crippen LogP contribution in [0.2, 0.25) is 0 Å². The minimum atomic E-state index is -0.563. The molecule has 2 aliphatic rings. The molecule has 0 fully saturated rings. The number of fused-ring (bicyclic) bond motifs is 1. The lowest BCUT2D eigenvalue weighted by molar-refractivity contribution is -0.115. The van der Waals surface area contributed by atoms with Crippen LogP contribution in [0.4, 0.5) is 16.0 Å². The third-order valence-electron chi connectivity index (χ3n) is 6.80. The number of allylic oxidation sites excluding steroid dienone is 2. The second-order valence-electron chi connectivity index (χ2n) is 9.34. The third-order valence-corrected chi connectivity index (χ3v) is 7.41. The highest BCUT2D eigenvalue weighted by Crippen LogP contribution is 2.45. The van der Waals surface area contributed by atoms with Crippen molar-refractivity contribution in [3.8, 4) is 11.6 Å². The number of benzene rings is 1. The maximum absolute atomic E-state index is 13.8. The lowest BCUT2D eigenvalue weighted by Gasteiger charge is -2.26. The third kappa shape index (κ3) is 4.80. The normalized spacial score (nSPS) is 15.6. The lowest BCUT2D eigenvalue weighted by Crippen LogP contribution is -2.23. The molecule has 5 N–H and O–H groups in total. The van der Waals surface area contributed by atoms with Crippen molar-refractivity contribution < 1.29 is 9.18 Å². The number of aromatic amines is 2. The number of hydrogen-bond donors (Lipinski definition) is 4. The van der Waals surface area contributed by atoms with Crippen LogP contribution in [-0.2, 0) is 4.79 Å². The van der Waals surface area contributed by atoms with Gasteiger partial charge in [-0.1, -0.05) is 18.2 Å². The SMILES string of the molecule is Nc1cc(=O)[nH]n1-c1ccccn1.O=C1CCC2=C1C(c1ccc(F)c(Br)c1)c1c(n(-c3ccccn3)[nH]c1=O)N2. The van der Waals surface area contributed by atoms with E-state index in [2.05, 4.69) is 41.4 Å². The van der Waals surface area contributed by atoms with Gasteiger partial charge < -0.3 is 11.1 Å². The number of pyridine rings is 2. The van der Waals surface area contributed by atoms with E-state index in [0.717, 1.165) is 5.70 Å². The van der Waals surface area contributed by atoms with Crippen LogP contribution < -0.4 is 22.2 Å². The molecule has 1 unspecified atom stereocenters. The first kappa shape index (κ1) is 26.2. The Morgan fingerprint density at radius 1 is 0.902 bits per heavy atom. The van der Waals surface area contributed by atoms with Crippen LogP contribution in [0, 0.1) is 5.82 Å². The van der Waals surface area contributed by atoms with Gasteiger partial charge in [0.2, 0.25) is 0 Å². The Morgan fingerprint density at radius 3 is 2.22 bits per heavy atom. The number of halogens is 2. The van der Waals surface area contributed by atoms with Gasteiger partial charge >= 0.3 is 0 Å². The predicted octanol–water partition coefficient (Wildman–Crippen LogP) is 3.78. The number of nitrogen functional groups attached to an aromatic ring is 1. The molecular formula is C28H22BrFN8O3. The summed E-state index contributed by atoms with van der Waals surface area (Å²) < 4.78 is 17.1. The first-order valence-corrected chi connectivity index (χ1v) is 13.3. The summed E-state index contributed by atoms with van der Waals surface area (Å²) in [5, 5.41) is 8.62. The molecule has 5 aromatic rings. The Morgan fingerprint density at radius 2 is 1.61 bits per heavy atom. The summed E-state index contributed by atoms with van der Waals surface area (Å²) >= 11 is 3.21. The van der Waals surface area contributed by atoms with E-state index in [0.29, 0.717) is 57.3 Å². The summed E-state index contributed by atoms with van der Waals surface area (Å²) in [6, 6.07) is 16.7. The van der Waals surface area contributed by atoms with Gasteiger partial charge in [0.1, 0.15) is 17.5 Å². The van der Waals surface area contributed by atoms with Gasteiger partial charge in [-0.25, -0.2) is 23.7 Å². The summed E-state index contributed by atoms with van der Waals surface area (Å²) in [6.07, 6.45) is 4.24. The van der Waals surface area contributed by atoms with Crippen molar-refractivity contribution >= 4 is 33.3 Å². The predicted molar refractivity (Wildman–Crippen MR) is 154 cm³/mol. The number of aromatic nitrogens is 6. The average molecular weight is 617 g/mol. The summed E-state index contributed by atoms with van der Waals surface area (Å²) in [5.41, 5.74) is 7.51. The number of Topliss-reactive ketones (excluding diaryl/α,β-unsaturated/α-hetero) is 1. The quantitative estimate of drug-likeness (QED) is 0.240. The van der Waals surface area contributed by atoms with Crippen LogP contribution in [0.25, 0.3) is 11.6 Å². The molecule has 0 spiro atoms. The average Bonchev–Trinajstić information content (AvgIpc) is 3.64. The second-order valence-corrected chi connectivity index (χ2v) is 10.2. The maximum Gasteiger partial charge on any atom is 0.270 e. The molecule has 0 radical (unpaired) electrons. The van der Waals surface area contributed by atoms with Gasteiger partial charge in [-0.2, -0.15) is 0 Å². The highest BCUT2D eigenvalue weighted by atomic mass is 79.9. The molecule has 1 aromatic carbocycles. The smallest absolute Gasteiger partial charge is 0.270 e. The van der Waals surface area contributed by atoms with E-state index in [1.165, 1.54) is 16.8 Å². The minimum Gasteiger partial charge on any atom is -0.383 e. The number of nitrogens with zero attached hydrogens (tertiary/aromatic N) is 4. The Balaban J connectivity index is 0.000000195. The van der Waals surface area contributed by atoms with Gasteiger partial charge in [0.25, 0.3) is 11.1 Å². The summed E-state index contributed by atoms with van der Waals surface area (Å²) in [7, 11) is 0. The van der Waals surface area contributed by atoms with Crippen LogP contribution in [0.1, 0.15) is 29.9 Å². The lowest BCUT2D eigenvalue weighted by atomic mass is 9.82. The number of rotatable bonds is 3. The van der Waals surface area contributed by atoms with Gasteiger partial charge in [0.05, 0.1) is 10.0 Å². The number of nitrogens with two attached hydrogens (primary N) is 1. The molecule has 0 saturated carbocycles. The highest BCUT2D eigenvalue weighted by molar-refractivity contribution is 9.10. The van der Waals surface area contributed by atoms with Crippen LogP contribution >= 0.6 is 15.9 Å². The first-order chi connectivity index (χ1) is 19.8. The van der Waals surface area contributed by atoms with Crippen molar-refractivity contribution in [2.75, 3.05) is 11.1 Å². The fourth-order valence-corrected chi connectivity index (χ4v) is 5.43. The maximum atomic E-state index is 13.8. The molecule has 7 rings (SSSR count). The Labute approximate surface area is 239 Å². The molecule has 11 nitrogen and oxygen atoms in total. The molecule has 5 heterocycles. The Bertz CT molecular complexity index is 1930. The molecule has 206 valence electrons. The number of anilines is 2. The van der Waals surface area contributed by atoms with E-state index in [1.54, 1.807) is 53.5 Å². The molecule has 0 amide bonds. The molecule has 0 bridgehead atoms. The van der Waals surface area contributed by atoms with Crippen LogP contribution in [-0.4, -0.2) is 35.3 Å². The van der Waals surface area contributed by atoms with E-state index >= 15 is 0 Å². The number of ketones is 1. The van der Waals surface area contributed by atoms with Gasteiger partial charge in [0, 0.05) is 42.1 Å². The molecule has 41 heavy (non-hydrogen) atoms. The van der Waals surface area contributed by atoms with Crippen molar-refractivity contribution in [3.63, 3.8) is 0 Å². The van der Waals surface area contributed by atoms with E-state index in [-0.39, 0.29) is 16.9 Å². The topological polar surface area (TPSA) is 156 Å². The molecule has 0 saturated heterocycles. The Hall–Kier alpha value is -5.04. The first-order valence-electron chi connectivity index (χ1n) is 12.6. The largest absolute Gasteiger partial charge is 0.383 e. The van der Waals surface area contributed by atoms with Gasteiger partial charge in [-0.05, 0) is 64.3 Å². The zero-order chi connectivity index (χ0) is 28.7. The number of carbonyl (C=O) groups excluding carboxylic acids is 1. The molecular weight excluding hydrogens is 595 g/mol. The van der Waals surface area contributed by atoms with Crippen molar-refractivity contribution in [3.05, 3.63) is 126 Å². The monoisotopic (exact) mass is 616 g/mol. The summed E-state index contributed by atoms with van der Waals surface area (Å²) in [5.74, 6) is 1.11. The molecule has 1 aliphatic heterocycles. The van der Waals surface area contributed by atoms with Crippen molar-refractivity contribution in [1.29, 1.82) is 0 Å². The zero-order valence-corrected chi connectivity index (χ0v) is 22.9. The second kappa shape index (κ2) is 10.5. The number of nitrogens with one attached hydrogen (secondary N) is 3. The number of hydrogen-bond acceptors (Lipinski definition) is 7. The van der Waals surface area contributed by atoms with Gasteiger partial charge in [-0.3, -0.25) is 24.6 Å². The van der Waals surface area contributed by atoms with Crippen LogP contribution in [0.5, 0.6) is 0 Å². The number of H-pyrrole nitrogens is 2. The zero-order valence-electron chi connectivity index (χ0n) is 21.3. The molecule has 1 aliphatic carbocycles. The van der Waals surface area contributed by atoms with Gasteiger partial charge in [0.15, 0.2) is 17.4 Å². The minimum absolute atomic E-state index is 0.00332. The molecule has 13 heteroatoms. The van der Waals surface area contributed by atoms with Crippen molar-refractivity contribution in [2.24, 2.45) is 0 Å². The van der Waals surface area contributed by atoms with E-state index in [4.69, 9.17) is 5.73 Å². The fraction of sp³-hybridized carbons (Fsp3) is 0.107. The highest BCUT2D eigenvalue weighted by Gasteiger charge is 2.40. The fourth-order valence-electron chi connectivity index (χ4n) is 5.03.